The fourth-order valence-electron chi connectivity index (χ4n) is 3.02. The number of carboxylic acids is 1. The Morgan fingerprint density at radius 3 is 2.64 bits per heavy atom. The Morgan fingerprint density at radius 2 is 2.00 bits per heavy atom. The third-order valence-corrected chi connectivity index (χ3v) is 7.55. The summed E-state index contributed by atoms with van der Waals surface area (Å²) in [7, 11) is 1.45. The lowest BCUT2D eigenvalue weighted by molar-refractivity contribution is -0.139. The number of halogens is 3. The first kappa shape index (κ1) is 25.4. The van der Waals surface area contributed by atoms with Crippen LogP contribution in [0.5, 0.6) is 11.5 Å². The van der Waals surface area contributed by atoms with Crippen LogP contribution in [0.1, 0.15) is 37.6 Å². The van der Waals surface area contributed by atoms with Gasteiger partial charge in [0.05, 0.1) is 28.7 Å². The predicted octanol–water partition coefficient (Wildman–Crippen LogP) is 5.55. The minimum atomic E-state index is -1.11. The topological polar surface area (TPSA) is 103 Å². The maximum Gasteiger partial charge on any atom is 0.341 e. The van der Waals surface area contributed by atoms with Crippen molar-refractivity contribution in [2.45, 2.75) is 26.2 Å². The Bertz CT molecular complexity index is 1310. The first-order valence-corrected chi connectivity index (χ1v) is 12.2. The lowest BCUT2D eigenvalue weighted by atomic mass is 10.1. The SMILES string of the molecule is CC[C@@H](C)c1nc2ccc(Br)cc2c(=O)n1N=Cc1cc(OC)c(OCC(=O)O)c(Br)c1Br. The van der Waals surface area contributed by atoms with E-state index in [1.807, 2.05) is 19.9 Å². The minimum absolute atomic E-state index is 0.000551. The summed E-state index contributed by atoms with van der Waals surface area (Å²) in [5.74, 6) is -0.0175. The summed E-state index contributed by atoms with van der Waals surface area (Å²) in [5.41, 5.74) is 0.907. The van der Waals surface area contributed by atoms with Gasteiger partial charge in [-0.3, -0.25) is 4.79 Å². The predicted molar refractivity (Wildman–Crippen MR) is 137 cm³/mol. The summed E-state index contributed by atoms with van der Waals surface area (Å²) in [6, 6.07) is 7.00. The van der Waals surface area contributed by atoms with Crippen LogP contribution in [0.15, 0.2) is 47.6 Å². The number of carbonyl (C=O) groups is 1. The number of benzene rings is 2. The van der Waals surface area contributed by atoms with E-state index in [1.165, 1.54) is 18.0 Å². The molecule has 8 nitrogen and oxygen atoms in total. The molecule has 0 fully saturated rings. The largest absolute Gasteiger partial charge is 0.493 e. The molecule has 0 unspecified atom stereocenters. The number of aromatic nitrogens is 2. The van der Waals surface area contributed by atoms with Crippen LogP contribution in [-0.4, -0.2) is 40.7 Å². The lowest BCUT2D eigenvalue weighted by Crippen LogP contribution is -2.23. The molecule has 0 amide bonds. The number of methoxy groups -OCH3 is 1. The first-order chi connectivity index (χ1) is 15.7. The van der Waals surface area contributed by atoms with E-state index in [1.54, 1.807) is 18.2 Å². The molecule has 0 bridgehead atoms. The number of hydrogen-bond donors (Lipinski definition) is 1. The van der Waals surface area contributed by atoms with Gasteiger partial charge in [0.15, 0.2) is 18.1 Å². The van der Waals surface area contributed by atoms with E-state index in [4.69, 9.17) is 19.6 Å². The number of ether oxygens (including phenoxy) is 2. The minimum Gasteiger partial charge on any atom is -0.493 e. The van der Waals surface area contributed by atoms with Crippen LogP contribution in [-0.2, 0) is 4.79 Å². The second-order valence-electron chi connectivity index (χ2n) is 7.11. The molecule has 0 spiro atoms. The van der Waals surface area contributed by atoms with E-state index in [0.717, 1.165) is 10.9 Å². The molecule has 1 atom stereocenters. The Balaban J connectivity index is 2.15. The van der Waals surface area contributed by atoms with Gasteiger partial charge in [-0.25, -0.2) is 9.78 Å². The second kappa shape index (κ2) is 10.8. The van der Waals surface area contributed by atoms with E-state index in [-0.39, 0.29) is 17.2 Å². The smallest absolute Gasteiger partial charge is 0.341 e. The van der Waals surface area contributed by atoms with Gasteiger partial charge in [-0.2, -0.15) is 9.78 Å². The molecule has 174 valence electrons. The number of fused-ring (bicyclic) bond motifs is 1. The monoisotopic (exact) mass is 643 g/mol. The molecule has 0 aliphatic heterocycles. The summed E-state index contributed by atoms with van der Waals surface area (Å²) >= 11 is 10.3. The van der Waals surface area contributed by atoms with Crippen molar-refractivity contribution in [3.05, 3.63) is 59.4 Å². The third kappa shape index (κ3) is 5.47. The van der Waals surface area contributed by atoms with E-state index in [2.05, 4.69) is 52.9 Å². The molecule has 2 aromatic carbocycles. The average molecular weight is 646 g/mol. The molecule has 33 heavy (non-hydrogen) atoms. The van der Waals surface area contributed by atoms with Gasteiger partial charge in [-0.05, 0) is 62.5 Å². The highest BCUT2D eigenvalue weighted by Gasteiger charge is 2.19. The fourth-order valence-corrected chi connectivity index (χ4v) is 4.31. The molecule has 0 radical (unpaired) electrons. The molecule has 0 aliphatic carbocycles. The molecule has 1 N–H and O–H groups in total. The second-order valence-corrected chi connectivity index (χ2v) is 9.61. The highest BCUT2D eigenvalue weighted by atomic mass is 79.9. The van der Waals surface area contributed by atoms with Gasteiger partial charge >= 0.3 is 5.97 Å². The maximum atomic E-state index is 13.3. The van der Waals surface area contributed by atoms with Crippen molar-refractivity contribution in [1.82, 2.24) is 9.66 Å². The van der Waals surface area contributed by atoms with Crippen LogP contribution in [0.2, 0.25) is 0 Å². The van der Waals surface area contributed by atoms with Crippen molar-refractivity contribution in [3.63, 3.8) is 0 Å². The number of rotatable bonds is 8. The summed E-state index contributed by atoms with van der Waals surface area (Å²) < 4.78 is 13.8. The van der Waals surface area contributed by atoms with Crippen molar-refractivity contribution in [2.24, 2.45) is 5.10 Å². The van der Waals surface area contributed by atoms with Gasteiger partial charge in [0.1, 0.15) is 5.82 Å². The highest BCUT2D eigenvalue weighted by Crippen LogP contribution is 2.42. The molecular weight excluding hydrogens is 626 g/mol. The van der Waals surface area contributed by atoms with Gasteiger partial charge in [0, 0.05) is 20.4 Å². The zero-order valence-corrected chi connectivity index (χ0v) is 22.7. The van der Waals surface area contributed by atoms with Crippen LogP contribution in [0.4, 0.5) is 0 Å². The molecule has 1 heterocycles. The van der Waals surface area contributed by atoms with Crippen LogP contribution < -0.4 is 15.0 Å². The van der Waals surface area contributed by atoms with Crippen LogP contribution in [0, 0.1) is 0 Å². The number of nitrogens with zero attached hydrogens (tertiary/aromatic N) is 3. The number of carboxylic acid groups (broad SMARTS) is 1. The molecule has 1 aromatic heterocycles. The van der Waals surface area contributed by atoms with Gasteiger partial charge < -0.3 is 14.6 Å². The van der Waals surface area contributed by atoms with Crippen LogP contribution >= 0.6 is 47.8 Å². The van der Waals surface area contributed by atoms with Gasteiger partial charge in [-0.15, -0.1) is 0 Å². The zero-order valence-electron chi connectivity index (χ0n) is 17.9. The summed E-state index contributed by atoms with van der Waals surface area (Å²) in [6.45, 7) is 3.48. The number of hydrogen-bond acceptors (Lipinski definition) is 6. The van der Waals surface area contributed by atoms with Crippen molar-refractivity contribution in [3.8, 4) is 11.5 Å². The summed E-state index contributed by atoms with van der Waals surface area (Å²) in [6.07, 6.45) is 2.29. The Hall–Kier alpha value is -2.24. The normalized spacial score (nSPS) is 12.3. The summed E-state index contributed by atoms with van der Waals surface area (Å²) in [5, 5.41) is 13.8. The van der Waals surface area contributed by atoms with E-state index in [0.29, 0.717) is 37.0 Å². The molecule has 3 aromatic rings. The summed E-state index contributed by atoms with van der Waals surface area (Å²) in [4.78, 5) is 28.9. The van der Waals surface area contributed by atoms with E-state index < -0.39 is 12.6 Å². The van der Waals surface area contributed by atoms with Crippen molar-refractivity contribution >= 4 is 70.9 Å². The highest BCUT2D eigenvalue weighted by molar-refractivity contribution is 9.13. The molecule has 0 aliphatic rings. The zero-order chi connectivity index (χ0) is 24.3. The standard InChI is InChI=1S/C22H20Br3N3O5/c1-4-11(2)21-27-15-6-5-13(23)8-14(15)22(31)28(21)26-9-12-7-16(32-3)20(19(25)18(12)24)33-10-17(29)30/h5-9,11H,4,10H2,1-3H3,(H,29,30)/t11-/m1/s1. The molecular formula is C22H20Br3N3O5. The van der Waals surface area contributed by atoms with Crippen molar-refractivity contribution in [1.29, 1.82) is 0 Å². The van der Waals surface area contributed by atoms with E-state index >= 15 is 0 Å². The third-order valence-electron chi connectivity index (χ3n) is 4.91. The average Bonchev–Trinajstić information content (AvgIpc) is 2.79. The van der Waals surface area contributed by atoms with Gasteiger partial charge in [-0.1, -0.05) is 29.8 Å². The first-order valence-electron chi connectivity index (χ1n) is 9.85. The maximum absolute atomic E-state index is 13.3. The van der Waals surface area contributed by atoms with Crippen LogP contribution in [0.25, 0.3) is 10.9 Å². The van der Waals surface area contributed by atoms with E-state index in [9.17, 15) is 9.59 Å². The molecule has 11 heteroatoms. The molecule has 3 rings (SSSR count). The molecule has 0 saturated carbocycles. The van der Waals surface area contributed by atoms with Crippen LogP contribution in [0.3, 0.4) is 0 Å². The fraction of sp³-hybridized carbons (Fsp3) is 0.273. The van der Waals surface area contributed by atoms with Gasteiger partial charge in [0.25, 0.3) is 5.56 Å². The number of aliphatic carboxylic acids is 1. The quantitative estimate of drug-likeness (QED) is 0.322. The van der Waals surface area contributed by atoms with Crippen molar-refractivity contribution < 1.29 is 19.4 Å². The molecule has 0 saturated heterocycles. The Kier molecular flexibility index (Phi) is 8.30. The Morgan fingerprint density at radius 1 is 1.27 bits per heavy atom. The van der Waals surface area contributed by atoms with Crippen molar-refractivity contribution in [2.75, 3.05) is 13.7 Å². The Labute approximate surface area is 215 Å². The van der Waals surface area contributed by atoms with Gasteiger partial charge in [0.2, 0.25) is 0 Å². The lowest BCUT2D eigenvalue weighted by Gasteiger charge is -2.15.